The smallest absolute Gasteiger partial charge is 0.259 e. The van der Waals surface area contributed by atoms with Crippen LogP contribution in [0.4, 0.5) is 11.4 Å². The number of amides is 2. The number of para-hydroxylation sites is 1. The Morgan fingerprint density at radius 3 is 2.21 bits per heavy atom. The normalized spacial score (nSPS) is 10.1. The van der Waals surface area contributed by atoms with Gasteiger partial charge in [0.1, 0.15) is 5.75 Å². The molecule has 0 heterocycles. The third-order valence-corrected chi connectivity index (χ3v) is 3.56. The van der Waals surface area contributed by atoms with Crippen molar-refractivity contribution in [1.29, 1.82) is 0 Å². The van der Waals surface area contributed by atoms with E-state index in [0.717, 1.165) is 12.0 Å². The Morgan fingerprint density at radius 2 is 1.62 bits per heavy atom. The molecule has 5 heteroatoms. The van der Waals surface area contributed by atoms with Crippen LogP contribution in [0.1, 0.15) is 35.7 Å². The van der Waals surface area contributed by atoms with Gasteiger partial charge in [-0.3, -0.25) is 9.59 Å². The summed E-state index contributed by atoms with van der Waals surface area (Å²) in [6.45, 7) is 3.85. The number of anilines is 2. The van der Waals surface area contributed by atoms with E-state index >= 15 is 0 Å². The summed E-state index contributed by atoms with van der Waals surface area (Å²) in [5, 5.41) is 5.64. The van der Waals surface area contributed by atoms with E-state index < -0.39 is 0 Å². The van der Waals surface area contributed by atoms with Gasteiger partial charge in [0.2, 0.25) is 5.91 Å². The van der Waals surface area contributed by atoms with Gasteiger partial charge >= 0.3 is 0 Å². The third kappa shape index (κ3) is 4.35. The minimum absolute atomic E-state index is 0.0150. The van der Waals surface area contributed by atoms with E-state index in [1.165, 1.54) is 0 Å². The number of hydrogen-bond donors (Lipinski definition) is 2. The molecule has 0 fully saturated rings. The number of carbonyl (C=O) groups excluding carboxylic acids is 2. The van der Waals surface area contributed by atoms with Crippen molar-refractivity contribution in [1.82, 2.24) is 0 Å². The lowest BCUT2D eigenvalue weighted by atomic mass is 10.1. The predicted molar refractivity (Wildman–Crippen MR) is 95.7 cm³/mol. The molecule has 0 radical (unpaired) electrons. The Labute approximate surface area is 142 Å². The van der Waals surface area contributed by atoms with E-state index in [1.807, 2.05) is 26.0 Å². The van der Waals surface area contributed by atoms with Gasteiger partial charge in [-0.1, -0.05) is 19.1 Å². The van der Waals surface area contributed by atoms with Gasteiger partial charge in [-0.15, -0.1) is 0 Å². The zero-order valence-corrected chi connectivity index (χ0v) is 14.2. The highest BCUT2D eigenvalue weighted by Crippen LogP contribution is 2.24. The number of aryl methyl sites for hydroxylation is 1. The van der Waals surface area contributed by atoms with Gasteiger partial charge in [0.25, 0.3) is 5.91 Å². The second kappa shape index (κ2) is 8.15. The molecule has 5 nitrogen and oxygen atoms in total. The molecule has 0 aliphatic carbocycles. The van der Waals surface area contributed by atoms with Crippen LogP contribution in [0.5, 0.6) is 5.75 Å². The molecule has 0 saturated carbocycles. The Kier molecular flexibility index (Phi) is 5.95. The van der Waals surface area contributed by atoms with E-state index in [9.17, 15) is 9.59 Å². The first-order valence-corrected chi connectivity index (χ1v) is 7.90. The molecular formula is C19H22N2O3. The molecule has 0 saturated heterocycles. The monoisotopic (exact) mass is 326 g/mol. The summed E-state index contributed by atoms with van der Waals surface area (Å²) in [6, 6.07) is 12.5. The number of methoxy groups -OCH3 is 1. The van der Waals surface area contributed by atoms with Crippen LogP contribution in [-0.2, 0) is 4.79 Å². The fraction of sp³-hybridized carbons (Fsp3) is 0.263. The van der Waals surface area contributed by atoms with E-state index in [0.29, 0.717) is 29.1 Å². The van der Waals surface area contributed by atoms with Crippen LogP contribution in [0.2, 0.25) is 0 Å². The van der Waals surface area contributed by atoms with Gasteiger partial charge in [-0.2, -0.15) is 0 Å². The maximum absolute atomic E-state index is 12.4. The first-order valence-electron chi connectivity index (χ1n) is 7.90. The number of carbonyl (C=O) groups is 2. The molecule has 2 rings (SSSR count). The van der Waals surface area contributed by atoms with Crippen molar-refractivity contribution in [2.45, 2.75) is 26.7 Å². The summed E-state index contributed by atoms with van der Waals surface area (Å²) >= 11 is 0. The summed E-state index contributed by atoms with van der Waals surface area (Å²) in [7, 11) is 1.55. The predicted octanol–water partition coefficient (Wildman–Crippen LogP) is 3.99. The minimum Gasteiger partial charge on any atom is -0.496 e. The number of rotatable bonds is 6. The molecule has 0 atom stereocenters. The molecule has 0 aromatic heterocycles. The van der Waals surface area contributed by atoms with E-state index in [4.69, 9.17) is 4.74 Å². The van der Waals surface area contributed by atoms with Crippen LogP contribution in [0.3, 0.4) is 0 Å². The fourth-order valence-electron chi connectivity index (χ4n) is 2.39. The first-order chi connectivity index (χ1) is 11.5. The average Bonchev–Trinajstić information content (AvgIpc) is 2.56. The first kappa shape index (κ1) is 17.5. The van der Waals surface area contributed by atoms with Crippen molar-refractivity contribution >= 4 is 23.2 Å². The Morgan fingerprint density at radius 1 is 1.00 bits per heavy atom. The van der Waals surface area contributed by atoms with Gasteiger partial charge < -0.3 is 15.4 Å². The number of benzene rings is 2. The maximum Gasteiger partial charge on any atom is 0.259 e. The molecular weight excluding hydrogens is 304 g/mol. The SMILES string of the molecule is CCCC(=O)Nc1ccc(NC(=O)c2cccc(C)c2OC)cc1. The quantitative estimate of drug-likeness (QED) is 0.843. The summed E-state index contributed by atoms with van der Waals surface area (Å²) in [5.74, 6) is 0.315. The Balaban J connectivity index is 2.07. The second-order valence-corrected chi connectivity index (χ2v) is 5.49. The lowest BCUT2D eigenvalue weighted by Gasteiger charge is -2.12. The van der Waals surface area contributed by atoms with Crippen molar-refractivity contribution in [2.24, 2.45) is 0 Å². The summed E-state index contributed by atoms with van der Waals surface area (Å²) in [4.78, 5) is 24.0. The van der Waals surface area contributed by atoms with Crippen molar-refractivity contribution in [3.63, 3.8) is 0 Å². The summed E-state index contributed by atoms with van der Waals surface area (Å²) in [5.41, 5.74) is 2.74. The van der Waals surface area contributed by atoms with Crippen LogP contribution in [0, 0.1) is 6.92 Å². The van der Waals surface area contributed by atoms with Gasteiger partial charge in [0, 0.05) is 17.8 Å². The van der Waals surface area contributed by atoms with Gasteiger partial charge in [-0.05, 0) is 49.2 Å². The van der Waals surface area contributed by atoms with Crippen molar-refractivity contribution in [3.05, 3.63) is 53.6 Å². The standard InChI is InChI=1S/C19H22N2O3/c1-4-6-17(22)20-14-9-11-15(12-10-14)21-19(23)16-8-5-7-13(2)18(16)24-3/h5,7-12H,4,6H2,1-3H3,(H,20,22)(H,21,23). The average molecular weight is 326 g/mol. The Hall–Kier alpha value is -2.82. The van der Waals surface area contributed by atoms with Gasteiger partial charge in [-0.25, -0.2) is 0 Å². The van der Waals surface area contributed by atoms with E-state index in [-0.39, 0.29) is 11.8 Å². The fourth-order valence-corrected chi connectivity index (χ4v) is 2.39. The summed E-state index contributed by atoms with van der Waals surface area (Å²) in [6.07, 6.45) is 1.30. The molecule has 0 spiro atoms. The maximum atomic E-state index is 12.4. The molecule has 126 valence electrons. The highest BCUT2D eigenvalue weighted by molar-refractivity contribution is 6.06. The van der Waals surface area contributed by atoms with Gasteiger partial charge in [0.05, 0.1) is 12.7 Å². The molecule has 24 heavy (non-hydrogen) atoms. The van der Waals surface area contributed by atoms with Crippen LogP contribution >= 0.6 is 0 Å². The molecule has 2 amide bonds. The van der Waals surface area contributed by atoms with Crippen LogP contribution in [0.15, 0.2) is 42.5 Å². The lowest BCUT2D eigenvalue weighted by Crippen LogP contribution is -2.14. The molecule has 0 bridgehead atoms. The third-order valence-electron chi connectivity index (χ3n) is 3.56. The van der Waals surface area contributed by atoms with Crippen molar-refractivity contribution in [3.8, 4) is 5.75 Å². The number of ether oxygens (including phenoxy) is 1. The van der Waals surface area contributed by atoms with Crippen LogP contribution < -0.4 is 15.4 Å². The van der Waals surface area contributed by atoms with Gasteiger partial charge in [0.15, 0.2) is 0 Å². The Bertz CT molecular complexity index is 724. The molecule has 2 aromatic carbocycles. The lowest BCUT2D eigenvalue weighted by molar-refractivity contribution is -0.116. The summed E-state index contributed by atoms with van der Waals surface area (Å²) < 4.78 is 5.31. The van der Waals surface area contributed by atoms with E-state index in [1.54, 1.807) is 37.4 Å². The molecule has 0 aliphatic heterocycles. The number of hydrogen-bond acceptors (Lipinski definition) is 3. The highest BCUT2D eigenvalue weighted by atomic mass is 16.5. The van der Waals surface area contributed by atoms with Crippen molar-refractivity contribution in [2.75, 3.05) is 17.7 Å². The largest absolute Gasteiger partial charge is 0.496 e. The van der Waals surface area contributed by atoms with E-state index in [2.05, 4.69) is 10.6 Å². The van der Waals surface area contributed by atoms with Crippen molar-refractivity contribution < 1.29 is 14.3 Å². The zero-order valence-electron chi connectivity index (χ0n) is 14.2. The molecule has 2 aromatic rings. The van der Waals surface area contributed by atoms with Crippen LogP contribution in [0.25, 0.3) is 0 Å². The molecule has 0 unspecified atom stereocenters. The van der Waals surface area contributed by atoms with Crippen LogP contribution in [-0.4, -0.2) is 18.9 Å². The molecule has 0 aliphatic rings. The number of nitrogens with one attached hydrogen (secondary N) is 2. The zero-order chi connectivity index (χ0) is 17.5. The topological polar surface area (TPSA) is 67.4 Å². The molecule has 2 N–H and O–H groups in total. The second-order valence-electron chi connectivity index (χ2n) is 5.49. The highest BCUT2D eigenvalue weighted by Gasteiger charge is 2.14. The minimum atomic E-state index is -0.238.